The molecule has 1 heterocycles. The Bertz CT molecular complexity index is 332. The van der Waals surface area contributed by atoms with Gasteiger partial charge < -0.3 is 15.4 Å². The zero-order valence-electron chi connectivity index (χ0n) is 11.9. The zero-order chi connectivity index (χ0) is 14.0. The van der Waals surface area contributed by atoms with Gasteiger partial charge in [0.1, 0.15) is 6.04 Å². The molecule has 1 unspecified atom stereocenters. The van der Waals surface area contributed by atoms with E-state index in [0.717, 1.165) is 6.42 Å². The summed E-state index contributed by atoms with van der Waals surface area (Å²) in [6.45, 7) is 10.7. The molecule has 104 valence electrons. The fraction of sp³-hybridized carbons (Fsp3) is 0.846. The largest absolute Gasteiger partial charge is 0.464 e. The molecule has 5 nitrogen and oxygen atoms in total. The van der Waals surface area contributed by atoms with Crippen LogP contribution in [0, 0.1) is 5.41 Å². The van der Waals surface area contributed by atoms with Crippen molar-refractivity contribution in [2.75, 3.05) is 6.61 Å². The Morgan fingerprint density at radius 1 is 1.33 bits per heavy atom. The molecule has 0 bridgehead atoms. The predicted molar refractivity (Wildman–Crippen MR) is 69.2 cm³/mol. The van der Waals surface area contributed by atoms with Gasteiger partial charge in [-0.25, -0.2) is 9.59 Å². The Morgan fingerprint density at radius 3 is 2.39 bits per heavy atom. The predicted octanol–water partition coefficient (Wildman–Crippen LogP) is 1.82. The Balaban J connectivity index is 2.46. The van der Waals surface area contributed by atoms with Crippen LogP contribution in [-0.2, 0) is 9.53 Å². The molecular weight excluding hydrogens is 232 g/mol. The molecule has 0 aromatic heterocycles. The maximum atomic E-state index is 11.8. The van der Waals surface area contributed by atoms with Crippen LogP contribution in [0.3, 0.4) is 0 Å². The number of amides is 2. The number of esters is 1. The number of nitrogens with one attached hydrogen (secondary N) is 2. The van der Waals surface area contributed by atoms with Gasteiger partial charge in [-0.1, -0.05) is 20.8 Å². The van der Waals surface area contributed by atoms with Crippen molar-refractivity contribution in [1.29, 1.82) is 0 Å². The third-order valence-electron chi connectivity index (χ3n) is 2.66. The van der Waals surface area contributed by atoms with Crippen LogP contribution in [0.15, 0.2) is 0 Å². The number of carbonyl (C=O) groups is 2. The summed E-state index contributed by atoms with van der Waals surface area (Å²) in [5, 5.41) is 5.55. The van der Waals surface area contributed by atoms with Crippen molar-refractivity contribution >= 4 is 12.0 Å². The van der Waals surface area contributed by atoms with Gasteiger partial charge >= 0.3 is 12.0 Å². The second-order valence-corrected chi connectivity index (χ2v) is 6.73. The van der Waals surface area contributed by atoms with Crippen LogP contribution >= 0.6 is 0 Å². The van der Waals surface area contributed by atoms with E-state index in [1.54, 1.807) is 0 Å². The monoisotopic (exact) mass is 256 g/mol. The van der Waals surface area contributed by atoms with Crippen LogP contribution in [0.4, 0.5) is 4.79 Å². The second-order valence-electron chi connectivity index (χ2n) is 6.73. The Labute approximate surface area is 109 Å². The first kappa shape index (κ1) is 14.8. The molecule has 2 amide bonds. The third-order valence-corrected chi connectivity index (χ3v) is 2.66. The summed E-state index contributed by atoms with van der Waals surface area (Å²) in [6, 6.07) is -0.816. The first-order valence-corrected chi connectivity index (χ1v) is 6.34. The molecule has 2 N–H and O–H groups in total. The van der Waals surface area contributed by atoms with E-state index in [9.17, 15) is 9.59 Å². The van der Waals surface area contributed by atoms with Crippen LogP contribution in [-0.4, -0.2) is 30.2 Å². The quantitative estimate of drug-likeness (QED) is 0.757. The molecule has 18 heavy (non-hydrogen) atoms. The number of cyclic esters (lactones) is 1. The van der Waals surface area contributed by atoms with E-state index >= 15 is 0 Å². The lowest BCUT2D eigenvalue weighted by Gasteiger charge is -2.33. The molecule has 1 fully saturated rings. The molecule has 0 saturated carbocycles. The fourth-order valence-corrected chi connectivity index (χ4v) is 2.50. The summed E-state index contributed by atoms with van der Waals surface area (Å²) in [5.41, 5.74) is -0.187. The van der Waals surface area contributed by atoms with Crippen LogP contribution in [0.25, 0.3) is 0 Å². The van der Waals surface area contributed by atoms with Gasteiger partial charge in [-0.05, 0) is 25.7 Å². The summed E-state index contributed by atoms with van der Waals surface area (Å²) in [4.78, 5) is 23.1. The van der Waals surface area contributed by atoms with Gasteiger partial charge in [0.15, 0.2) is 0 Å². The topological polar surface area (TPSA) is 67.4 Å². The molecule has 0 aliphatic carbocycles. The van der Waals surface area contributed by atoms with Crippen molar-refractivity contribution in [3.8, 4) is 0 Å². The molecular formula is C13H24N2O3. The van der Waals surface area contributed by atoms with Crippen LogP contribution in [0.2, 0.25) is 0 Å². The molecule has 1 rings (SSSR count). The van der Waals surface area contributed by atoms with E-state index in [1.807, 2.05) is 13.8 Å². The number of urea groups is 1. The molecule has 0 aromatic rings. The Kier molecular flexibility index (Phi) is 4.24. The van der Waals surface area contributed by atoms with Gasteiger partial charge in [-0.15, -0.1) is 0 Å². The number of rotatable bonds is 3. The van der Waals surface area contributed by atoms with Crippen molar-refractivity contribution < 1.29 is 14.3 Å². The highest BCUT2D eigenvalue weighted by molar-refractivity contribution is 5.84. The minimum absolute atomic E-state index is 0.128. The first-order chi connectivity index (χ1) is 8.09. The van der Waals surface area contributed by atoms with Crippen molar-refractivity contribution in [2.24, 2.45) is 5.41 Å². The smallest absolute Gasteiger partial charge is 0.328 e. The Hall–Kier alpha value is -1.26. The average Bonchev–Trinajstić information content (AvgIpc) is 2.45. The van der Waals surface area contributed by atoms with E-state index in [2.05, 4.69) is 31.4 Å². The highest BCUT2D eigenvalue weighted by Crippen LogP contribution is 2.26. The van der Waals surface area contributed by atoms with E-state index < -0.39 is 6.04 Å². The van der Waals surface area contributed by atoms with Gasteiger partial charge in [0, 0.05) is 12.0 Å². The summed E-state index contributed by atoms with van der Waals surface area (Å²) in [6.07, 6.45) is 1.40. The lowest BCUT2D eigenvalue weighted by molar-refractivity contribution is -0.139. The molecule has 0 spiro atoms. The second kappa shape index (κ2) is 5.16. The van der Waals surface area contributed by atoms with Gasteiger partial charge in [0.05, 0.1) is 6.61 Å². The zero-order valence-corrected chi connectivity index (χ0v) is 11.9. The van der Waals surface area contributed by atoms with Gasteiger partial charge in [-0.2, -0.15) is 0 Å². The molecule has 5 heteroatoms. The summed E-state index contributed by atoms with van der Waals surface area (Å²) in [7, 11) is 0. The van der Waals surface area contributed by atoms with E-state index in [-0.39, 0.29) is 23.0 Å². The molecule has 1 saturated heterocycles. The number of hydrogen-bond donors (Lipinski definition) is 2. The van der Waals surface area contributed by atoms with Crippen molar-refractivity contribution in [3.05, 3.63) is 0 Å². The SMILES string of the molecule is CC(C)(C)CC(C)(C)NC(=O)NC1CCOC1=O. The maximum Gasteiger partial charge on any atom is 0.328 e. The minimum Gasteiger partial charge on any atom is -0.464 e. The van der Waals surface area contributed by atoms with Crippen LogP contribution in [0.5, 0.6) is 0 Å². The van der Waals surface area contributed by atoms with Crippen LogP contribution < -0.4 is 10.6 Å². The highest BCUT2D eigenvalue weighted by atomic mass is 16.5. The highest BCUT2D eigenvalue weighted by Gasteiger charge is 2.31. The lowest BCUT2D eigenvalue weighted by atomic mass is 9.82. The number of carbonyl (C=O) groups excluding carboxylic acids is 2. The standard InChI is InChI=1S/C13H24N2O3/c1-12(2,3)8-13(4,5)15-11(17)14-9-6-7-18-10(9)16/h9H,6-8H2,1-5H3,(H2,14,15,17). The molecule has 1 atom stereocenters. The molecule has 0 radical (unpaired) electrons. The summed E-state index contributed by atoms with van der Waals surface area (Å²) < 4.78 is 4.80. The van der Waals surface area contributed by atoms with E-state index in [0.29, 0.717) is 13.0 Å². The number of ether oxygens (including phenoxy) is 1. The molecule has 0 aromatic carbocycles. The molecule has 1 aliphatic heterocycles. The van der Waals surface area contributed by atoms with Crippen LogP contribution in [0.1, 0.15) is 47.5 Å². The number of hydrogen-bond acceptors (Lipinski definition) is 3. The normalized spacial score (nSPS) is 20.5. The van der Waals surface area contributed by atoms with E-state index in [1.165, 1.54) is 0 Å². The van der Waals surface area contributed by atoms with Gasteiger partial charge in [-0.3, -0.25) is 0 Å². The Morgan fingerprint density at radius 2 is 1.94 bits per heavy atom. The first-order valence-electron chi connectivity index (χ1n) is 6.34. The summed E-state index contributed by atoms with van der Waals surface area (Å²) >= 11 is 0. The van der Waals surface area contributed by atoms with E-state index in [4.69, 9.17) is 4.74 Å². The maximum absolute atomic E-state index is 11.8. The van der Waals surface area contributed by atoms with Crippen molar-refractivity contribution in [3.63, 3.8) is 0 Å². The minimum atomic E-state index is -0.504. The fourth-order valence-electron chi connectivity index (χ4n) is 2.50. The van der Waals surface area contributed by atoms with Crippen molar-refractivity contribution in [1.82, 2.24) is 10.6 Å². The molecule has 1 aliphatic rings. The van der Waals surface area contributed by atoms with Gasteiger partial charge in [0.2, 0.25) is 0 Å². The lowest BCUT2D eigenvalue weighted by Crippen LogP contribution is -2.53. The average molecular weight is 256 g/mol. The third kappa shape index (κ3) is 4.94. The van der Waals surface area contributed by atoms with Crippen molar-refractivity contribution in [2.45, 2.75) is 59.0 Å². The van der Waals surface area contributed by atoms with Gasteiger partial charge in [0.25, 0.3) is 0 Å². The summed E-state index contributed by atoms with van der Waals surface area (Å²) in [5.74, 6) is -0.348.